The molecule has 0 unspecified atom stereocenters. The maximum Gasteiger partial charge on any atom is 0.291 e. The predicted octanol–water partition coefficient (Wildman–Crippen LogP) is 3.01. The average molecular weight is 348 g/mol. The van der Waals surface area contributed by atoms with Gasteiger partial charge in [0.2, 0.25) is 5.09 Å². The van der Waals surface area contributed by atoms with E-state index in [-0.39, 0.29) is 10.9 Å². The first-order valence-corrected chi connectivity index (χ1v) is 9.39. The summed E-state index contributed by atoms with van der Waals surface area (Å²) in [4.78, 5) is 12.2. The highest BCUT2D eigenvalue weighted by molar-refractivity contribution is 7.89. The van der Waals surface area contributed by atoms with Gasteiger partial charge in [-0.15, -0.1) is 0 Å². The SMILES string of the molecule is Cc1cccc(NC(=O)c2ccc(S(=O)(=O)N3CCCCC3)o2)c1. The van der Waals surface area contributed by atoms with Gasteiger partial charge in [0.1, 0.15) is 0 Å². The minimum Gasteiger partial charge on any atom is -0.438 e. The van der Waals surface area contributed by atoms with Gasteiger partial charge in [0.05, 0.1) is 0 Å². The molecule has 6 nitrogen and oxygen atoms in total. The standard InChI is InChI=1S/C17H20N2O4S/c1-13-6-5-7-14(12-13)18-17(20)15-8-9-16(23-15)24(21,22)19-10-3-2-4-11-19/h5-9,12H,2-4,10-11H2,1H3,(H,18,20). The summed E-state index contributed by atoms with van der Waals surface area (Å²) in [5.74, 6) is -0.493. The number of anilines is 1. The molecule has 0 spiro atoms. The Labute approximate surface area is 141 Å². The number of aryl methyl sites for hydroxylation is 1. The topological polar surface area (TPSA) is 79.6 Å². The summed E-state index contributed by atoms with van der Waals surface area (Å²) in [6.07, 6.45) is 2.73. The van der Waals surface area contributed by atoms with Gasteiger partial charge in [-0.25, -0.2) is 8.42 Å². The molecule has 0 radical (unpaired) electrons. The predicted molar refractivity (Wildman–Crippen MR) is 90.5 cm³/mol. The Kier molecular flexibility index (Phi) is 4.73. The Balaban J connectivity index is 1.76. The van der Waals surface area contributed by atoms with Crippen LogP contribution in [-0.2, 0) is 10.0 Å². The molecule has 24 heavy (non-hydrogen) atoms. The maximum atomic E-state index is 12.5. The molecular weight excluding hydrogens is 328 g/mol. The van der Waals surface area contributed by atoms with Crippen LogP contribution >= 0.6 is 0 Å². The van der Waals surface area contributed by atoms with E-state index in [1.54, 1.807) is 6.07 Å². The van der Waals surface area contributed by atoms with Crippen molar-refractivity contribution in [3.63, 3.8) is 0 Å². The number of benzene rings is 1. The number of hydrogen-bond acceptors (Lipinski definition) is 4. The molecular formula is C17H20N2O4S. The zero-order valence-electron chi connectivity index (χ0n) is 13.5. The van der Waals surface area contributed by atoms with E-state index >= 15 is 0 Å². The van der Waals surface area contributed by atoms with Crippen molar-refractivity contribution in [1.82, 2.24) is 4.31 Å². The number of rotatable bonds is 4. The Bertz CT molecular complexity index is 836. The van der Waals surface area contributed by atoms with Crippen molar-refractivity contribution in [1.29, 1.82) is 0 Å². The van der Waals surface area contributed by atoms with Crippen molar-refractivity contribution in [2.45, 2.75) is 31.3 Å². The van der Waals surface area contributed by atoms with Gasteiger partial charge in [0.25, 0.3) is 15.9 Å². The third-order valence-corrected chi connectivity index (χ3v) is 5.76. The molecule has 2 aromatic rings. The molecule has 1 saturated heterocycles. The molecule has 3 rings (SSSR count). The van der Waals surface area contributed by atoms with E-state index in [0.29, 0.717) is 18.8 Å². The van der Waals surface area contributed by atoms with Gasteiger partial charge in [-0.05, 0) is 49.6 Å². The van der Waals surface area contributed by atoms with Crippen molar-refractivity contribution in [3.8, 4) is 0 Å². The van der Waals surface area contributed by atoms with Gasteiger partial charge in [-0.1, -0.05) is 18.6 Å². The zero-order valence-corrected chi connectivity index (χ0v) is 14.3. The van der Waals surface area contributed by atoms with E-state index in [2.05, 4.69) is 5.32 Å². The van der Waals surface area contributed by atoms with E-state index in [0.717, 1.165) is 24.8 Å². The molecule has 7 heteroatoms. The molecule has 0 saturated carbocycles. The number of hydrogen-bond donors (Lipinski definition) is 1. The highest BCUT2D eigenvalue weighted by atomic mass is 32.2. The molecule has 128 valence electrons. The molecule has 0 aliphatic carbocycles. The fourth-order valence-electron chi connectivity index (χ4n) is 2.73. The summed E-state index contributed by atoms with van der Waals surface area (Å²) in [6.45, 7) is 2.91. The second kappa shape index (κ2) is 6.78. The Morgan fingerprint density at radius 3 is 2.58 bits per heavy atom. The number of nitrogens with one attached hydrogen (secondary N) is 1. The van der Waals surface area contributed by atoms with Crippen molar-refractivity contribution >= 4 is 21.6 Å². The Hall–Kier alpha value is -2.12. The lowest BCUT2D eigenvalue weighted by Crippen LogP contribution is -2.35. The zero-order chi connectivity index (χ0) is 17.2. The highest BCUT2D eigenvalue weighted by Gasteiger charge is 2.29. The number of furan rings is 1. The van der Waals surface area contributed by atoms with Crippen LogP contribution in [0.1, 0.15) is 35.4 Å². The number of carbonyl (C=O) groups excluding carboxylic acids is 1. The number of sulfonamides is 1. The molecule has 1 fully saturated rings. The minimum absolute atomic E-state index is 0.0212. The molecule has 2 heterocycles. The van der Waals surface area contributed by atoms with Crippen LogP contribution < -0.4 is 5.32 Å². The van der Waals surface area contributed by atoms with Crippen molar-refractivity contribution in [2.75, 3.05) is 18.4 Å². The van der Waals surface area contributed by atoms with Gasteiger partial charge < -0.3 is 9.73 Å². The fourth-order valence-corrected chi connectivity index (χ4v) is 4.16. The van der Waals surface area contributed by atoms with Crippen molar-refractivity contribution < 1.29 is 17.6 Å². The van der Waals surface area contributed by atoms with Crippen LogP contribution in [0.4, 0.5) is 5.69 Å². The van der Waals surface area contributed by atoms with Gasteiger partial charge in [0, 0.05) is 18.8 Å². The molecule has 1 aromatic heterocycles. The van der Waals surface area contributed by atoms with Crippen LogP contribution in [0, 0.1) is 6.92 Å². The summed E-state index contributed by atoms with van der Waals surface area (Å²) in [6, 6.07) is 10.1. The number of piperidine rings is 1. The molecule has 1 N–H and O–H groups in total. The van der Waals surface area contributed by atoms with E-state index < -0.39 is 15.9 Å². The Morgan fingerprint density at radius 2 is 1.88 bits per heavy atom. The van der Waals surface area contributed by atoms with Gasteiger partial charge in [-0.3, -0.25) is 4.79 Å². The quantitative estimate of drug-likeness (QED) is 0.921. The first-order chi connectivity index (χ1) is 11.5. The van der Waals surface area contributed by atoms with E-state index in [4.69, 9.17) is 4.42 Å². The molecule has 1 aliphatic heterocycles. The Morgan fingerprint density at radius 1 is 1.12 bits per heavy atom. The maximum absolute atomic E-state index is 12.5. The summed E-state index contributed by atoms with van der Waals surface area (Å²) >= 11 is 0. The van der Waals surface area contributed by atoms with Crippen LogP contribution in [0.3, 0.4) is 0 Å². The van der Waals surface area contributed by atoms with Crippen LogP contribution in [0.15, 0.2) is 45.9 Å². The van der Waals surface area contributed by atoms with E-state index in [9.17, 15) is 13.2 Å². The van der Waals surface area contributed by atoms with E-state index in [1.807, 2.05) is 25.1 Å². The summed E-state index contributed by atoms with van der Waals surface area (Å²) in [5, 5.41) is 2.52. The van der Waals surface area contributed by atoms with Crippen molar-refractivity contribution in [2.24, 2.45) is 0 Å². The largest absolute Gasteiger partial charge is 0.438 e. The van der Waals surface area contributed by atoms with Gasteiger partial charge in [0.15, 0.2) is 5.76 Å². The molecule has 0 bridgehead atoms. The lowest BCUT2D eigenvalue weighted by Gasteiger charge is -2.24. The summed E-state index contributed by atoms with van der Waals surface area (Å²) in [5.41, 5.74) is 1.65. The van der Waals surface area contributed by atoms with Crippen LogP contribution in [0.5, 0.6) is 0 Å². The van der Waals surface area contributed by atoms with E-state index in [1.165, 1.54) is 16.4 Å². The third-order valence-electron chi connectivity index (χ3n) is 3.99. The number of amides is 1. The minimum atomic E-state index is -3.67. The second-order valence-corrected chi connectivity index (χ2v) is 7.78. The lowest BCUT2D eigenvalue weighted by molar-refractivity contribution is 0.0991. The molecule has 1 aromatic carbocycles. The number of nitrogens with zero attached hydrogens (tertiary/aromatic N) is 1. The number of carbonyl (C=O) groups is 1. The summed E-state index contributed by atoms with van der Waals surface area (Å²) < 4.78 is 31.8. The molecule has 1 amide bonds. The average Bonchev–Trinajstić information content (AvgIpc) is 3.07. The van der Waals surface area contributed by atoms with Crippen molar-refractivity contribution in [3.05, 3.63) is 47.7 Å². The lowest BCUT2D eigenvalue weighted by atomic mass is 10.2. The van der Waals surface area contributed by atoms with Gasteiger partial charge >= 0.3 is 0 Å². The monoisotopic (exact) mass is 348 g/mol. The fraction of sp³-hybridized carbons (Fsp3) is 0.353. The normalized spacial score (nSPS) is 16.0. The summed E-state index contributed by atoms with van der Waals surface area (Å²) in [7, 11) is -3.67. The molecule has 1 aliphatic rings. The first-order valence-electron chi connectivity index (χ1n) is 7.95. The highest BCUT2D eigenvalue weighted by Crippen LogP contribution is 2.23. The first kappa shape index (κ1) is 16.7. The van der Waals surface area contributed by atoms with Crippen LogP contribution in [-0.4, -0.2) is 31.7 Å². The third kappa shape index (κ3) is 3.52. The van der Waals surface area contributed by atoms with Crippen LogP contribution in [0.25, 0.3) is 0 Å². The van der Waals surface area contributed by atoms with Crippen LogP contribution in [0.2, 0.25) is 0 Å². The van der Waals surface area contributed by atoms with Gasteiger partial charge in [-0.2, -0.15) is 4.31 Å². The molecule has 0 atom stereocenters. The smallest absolute Gasteiger partial charge is 0.291 e. The second-order valence-electron chi connectivity index (χ2n) is 5.91.